The lowest BCUT2D eigenvalue weighted by atomic mass is 9.99. The SMILES string of the molecule is COc1ccc([C@H](C)NC(=O)[C@@H]2COCCN2C(=O)CNC(=O)c2ccc3cc(F)ccc3n2)c(/C=C/C2CC2)c1. The van der Waals surface area contributed by atoms with Gasteiger partial charge in [-0.25, -0.2) is 9.37 Å². The lowest BCUT2D eigenvalue weighted by molar-refractivity contribution is -0.148. The number of ether oxygens (including phenoxy) is 2. The molecule has 2 fully saturated rings. The molecular formula is C31H33FN4O5. The lowest BCUT2D eigenvalue weighted by Gasteiger charge is -2.35. The Balaban J connectivity index is 1.22. The molecule has 214 valence electrons. The fourth-order valence-corrected chi connectivity index (χ4v) is 4.82. The Labute approximate surface area is 237 Å². The molecule has 3 aromatic rings. The van der Waals surface area contributed by atoms with Crippen molar-refractivity contribution in [3.8, 4) is 5.75 Å². The first-order valence-corrected chi connectivity index (χ1v) is 13.7. The highest BCUT2D eigenvalue weighted by Crippen LogP contribution is 2.32. The van der Waals surface area contributed by atoms with Crippen LogP contribution in [0.2, 0.25) is 0 Å². The Bertz CT molecular complexity index is 1490. The van der Waals surface area contributed by atoms with Crippen LogP contribution in [0.3, 0.4) is 0 Å². The van der Waals surface area contributed by atoms with E-state index >= 15 is 0 Å². The number of hydrogen-bond donors (Lipinski definition) is 2. The molecule has 2 N–H and O–H groups in total. The molecular weight excluding hydrogens is 527 g/mol. The largest absolute Gasteiger partial charge is 0.497 e. The summed E-state index contributed by atoms with van der Waals surface area (Å²) in [4.78, 5) is 44.9. The van der Waals surface area contributed by atoms with Crippen molar-refractivity contribution in [3.63, 3.8) is 0 Å². The normalized spacial score (nSPS) is 17.8. The number of nitrogens with one attached hydrogen (secondary N) is 2. The highest BCUT2D eigenvalue weighted by molar-refractivity contribution is 5.97. The topological polar surface area (TPSA) is 110 Å². The fourth-order valence-electron chi connectivity index (χ4n) is 4.82. The maximum Gasteiger partial charge on any atom is 0.270 e. The van der Waals surface area contributed by atoms with Crippen molar-refractivity contribution in [2.75, 3.05) is 33.4 Å². The van der Waals surface area contributed by atoms with Gasteiger partial charge in [-0.1, -0.05) is 24.3 Å². The van der Waals surface area contributed by atoms with Crippen molar-refractivity contribution in [1.82, 2.24) is 20.5 Å². The number of rotatable bonds is 9. The summed E-state index contributed by atoms with van der Waals surface area (Å²) in [6.07, 6.45) is 6.63. The van der Waals surface area contributed by atoms with Crippen LogP contribution in [0.4, 0.5) is 4.39 Å². The number of fused-ring (bicyclic) bond motifs is 1. The summed E-state index contributed by atoms with van der Waals surface area (Å²) >= 11 is 0. The van der Waals surface area contributed by atoms with Gasteiger partial charge in [-0.05, 0) is 73.2 Å². The van der Waals surface area contributed by atoms with Crippen LogP contribution in [0.25, 0.3) is 17.0 Å². The van der Waals surface area contributed by atoms with Gasteiger partial charge in [0.2, 0.25) is 11.8 Å². The molecule has 9 nitrogen and oxygen atoms in total. The Morgan fingerprint density at radius 3 is 2.78 bits per heavy atom. The van der Waals surface area contributed by atoms with E-state index in [1.807, 2.05) is 25.1 Å². The number of amides is 3. The lowest BCUT2D eigenvalue weighted by Crippen LogP contribution is -2.57. The van der Waals surface area contributed by atoms with E-state index < -0.39 is 23.7 Å². The Hall–Kier alpha value is -4.31. The first-order valence-electron chi connectivity index (χ1n) is 13.7. The van der Waals surface area contributed by atoms with Crippen LogP contribution in [-0.4, -0.2) is 67.1 Å². The van der Waals surface area contributed by atoms with Gasteiger partial charge in [-0.15, -0.1) is 0 Å². The monoisotopic (exact) mass is 560 g/mol. The second-order valence-electron chi connectivity index (χ2n) is 10.3. The highest BCUT2D eigenvalue weighted by Gasteiger charge is 2.34. The van der Waals surface area contributed by atoms with Crippen molar-refractivity contribution in [2.45, 2.75) is 31.8 Å². The van der Waals surface area contributed by atoms with E-state index in [0.717, 1.165) is 16.9 Å². The molecule has 2 aromatic carbocycles. The summed E-state index contributed by atoms with van der Waals surface area (Å²) in [7, 11) is 1.62. The average molecular weight is 561 g/mol. The average Bonchev–Trinajstić information content (AvgIpc) is 3.82. The molecule has 5 rings (SSSR count). The number of hydrogen-bond acceptors (Lipinski definition) is 6. The highest BCUT2D eigenvalue weighted by atomic mass is 19.1. The Kier molecular flexibility index (Phi) is 8.58. The third kappa shape index (κ3) is 6.89. The molecule has 1 aliphatic carbocycles. The van der Waals surface area contributed by atoms with Crippen LogP contribution in [0, 0.1) is 11.7 Å². The van der Waals surface area contributed by atoms with E-state index in [4.69, 9.17) is 9.47 Å². The third-order valence-electron chi connectivity index (χ3n) is 7.32. The van der Waals surface area contributed by atoms with E-state index in [2.05, 4.69) is 27.8 Å². The van der Waals surface area contributed by atoms with Crippen molar-refractivity contribution < 1.29 is 28.2 Å². The summed E-state index contributed by atoms with van der Waals surface area (Å²) in [5.74, 6) is -0.354. The van der Waals surface area contributed by atoms with Crippen LogP contribution in [-0.2, 0) is 14.3 Å². The summed E-state index contributed by atoms with van der Waals surface area (Å²) in [6.45, 7) is 2.15. The molecule has 2 heterocycles. The van der Waals surface area contributed by atoms with Gasteiger partial charge in [0.25, 0.3) is 5.91 Å². The van der Waals surface area contributed by atoms with Gasteiger partial charge in [-0.2, -0.15) is 0 Å². The van der Waals surface area contributed by atoms with E-state index in [1.54, 1.807) is 13.2 Å². The smallest absolute Gasteiger partial charge is 0.270 e. The number of carbonyl (C=O) groups excluding carboxylic acids is 3. The number of benzene rings is 2. The van der Waals surface area contributed by atoms with Crippen LogP contribution >= 0.6 is 0 Å². The summed E-state index contributed by atoms with van der Waals surface area (Å²) in [5.41, 5.74) is 2.47. The molecule has 1 saturated carbocycles. The second-order valence-corrected chi connectivity index (χ2v) is 10.3. The molecule has 0 radical (unpaired) electrons. The molecule has 0 unspecified atom stereocenters. The molecule has 3 amide bonds. The summed E-state index contributed by atoms with van der Waals surface area (Å²) in [5, 5.41) is 6.18. The van der Waals surface area contributed by atoms with Crippen LogP contribution in [0.5, 0.6) is 5.75 Å². The van der Waals surface area contributed by atoms with E-state index in [0.29, 0.717) is 16.8 Å². The van der Waals surface area contributed by atoms with Gasteiger partial charge in [-0.3, -0.25) is 14.4 Å². The molecule has 41 heavy (non-hydrogen) atoms. The Morgan fingerprint density at radius 1 is 1.17 bits per heavy atom. The van der Waals surface area contributed by atoms with E-state index in [1.165, 1.54) is 42.0 Å². The minimum absolute atomic E-state index is 0.0537. The number of morpholine rings is 1. The van der Waals surface area contributed by atoms with Gasteiger partial charge in [0.15, 0.2) is 0 Å². The number of allylic oxidation sites excluding steroid dienone is 1. The first kappa shape index (κ1) is 28.2. The zero-order valence-corrected chi connectivity index (χ0v) is 23.1. The van der Waals surface area contributed by atoms with Gasteiger partial charge < -0.3 is 25.0 Å². The number of aromatic nitrogens is 1. The van der Waals surface area contributed by atoms with E-state index in [-0.39, 0.29) is 43.9 Å². The number of nitrogens with zero attached hydrogens (tertiary/aromatic N) is 2. The maximum absolute atomic E-state index is 13.4. The maximum atomic E-state index is 13.4. The number of pyridine rings is 1. The van der Waals surface area contributed by atoms with E-state index in [9.17, 15) is 18.8 Å². The zero-order valence-electron chi connectivity index (χ0n) is 23.1. The van der Waals surface area contributed by atoms with Gasteiger partial charge in [0.05, 0.1) is 38.4 Å². The summed E-state index contributed by atoms with van der Waals surface area (Å²) < 4.78 is 24.4. The predicted octanol–water partition coefficient (Wildman–Crippen LogP) is 3.64. The number of methoxy groups -OCH3 is 1. The zero-order chi connectivity index (χ0) is 28.9. The quantitative estimate of drug-likeness (QED) is 0.414. The molecule has 2 aliphatic rings. The van der Waals surface area contributed by atoms with Gasteiger partial charge in [0.1, 0.15) is 23.3 Å². The predicted molar refractivity (Wildman–Crippen MR) is 152 cm³/mol. The minimum atomic E-state index is -0.840. The van der Waals surface area contributed by atoms with Crippen LogP contribution in [0.1, 0.15) is 47.4 Å². The minimum Gasteiger partial charge on any atom is -0.497 e. The molecule has 10 heteroatoms. The van der Waals surface area contributed by atoms with Crippen molar-refractivity contribution in [1.29, 1.82) is 0 Å². The number of carbonyl (C=O) groups is 3. The fraction of sp³-hybridized carbons (Fsp3) is 0.355. The number of halogens is 1. The molecule has 0 bridgehead atoms. The molecule has 2 atom stereocenters. The standard InChI is InChI=1S/C31H33FN4O5/c1-19(25-10-9-24(40-2)16-21(25)6-5-20-3-4-20)34-31(39)28-18-41-14-13-36(28)29(37)17-33-30(38)27-11-7-22-15-23(32)8-12-26(22)35-27/h5-12,15-16,19-20,28H,3-4,13-14,17-18H2,1-2H3,(H,33,38)(H,34,39)/b6-5+/t19-,28-/m0/s1. The van der Waals surface area contributed by atoms with Crippen molar-refractivity contribution in [3.05, 3.63) is 77.2 Å². The molecule has 0 spiro atoms. The van der Waals surface area contributed by atoms with Crippen molar-refractivity contribution >= 4 is 34.7 Å². The molecule has 1 aromatic heterocycles. The van der Waals surface area contributed by atoms with Gasteiger partial charge in [0, 0.05) is 11.9 Å². The molecule has 1 aliphatic heterocycles. The van der Waals surface area contributed by atoms with Crippen LogP contribution in [0.15, 0.2) is 54.6 Å². The van der Waals surface area contributed by atoms with Gasteiger partial charge >= 0.3 is 0 Å². The summed E-state index contributed by atoms with van der Waals surface area (Å²) in [6, 6.07) is 11.7. The second kappa shape index (κ2) is 12.5. The Morgan fingerprint density at radius 2 is 2.00 bits per heavy atom. The van der Waals surface area contributed by atoms with Crippen molar-refractivity contribution in [2.24, 2.45) is 5.92 Å². The molecule has 1 saturated heterocycles. The first-order chi connectivity index (χ1) is 19.8. The third-order valence-corrected chi connectivity index (χ3v) is 7.32. The van der Waals surface area contributed by atoms with Crippen LogP contribution < -0.4 is 15.4 Å².